The number of allylic oxidation sites excluding steroid dienone is 10. The van der Waals surface area contributed by atoms with Crippen molar-refractivity contribution < 1.29 is 4.74 Å². The van der Waals surface area contributed by atoms with Gasteiger partial charge >= 0.3 is 0 Å². The fraction of sp³-hybridized carbons (Fsp3) is 0.400. The lowest BCUT2D eigenvalue weighted by Crippen LogP contribution is -2.59. The van der Waals surface area contributed by atoms with Crippen molar-refractivity contribution in [2.75, 3.05) is 7.11 Å². The Morgan fingerprint density at radius 1 is 0.794 bits per heavy atom. The summed E-state index contributed by atoms with van der Waals surface area (Å²) in [6.45, 7) is 7.65. The van der Waals surface area contributed by atoms with E-state index in [-0.39, 0.29) is 0 Å². The number of nitrogens with one attached hydrogen (secondary N) is 1. The van der Waals surface area contributed by atoms with Crippen molar-refractivity contribution in [2.45, 2.75) is 43.8 Å². The van der Waals surface area contributed by atoms with Gasteiger partial charge < -0.3 is 9.30 Å². The van der Waals surface area contributed by atoms with E-state index in [2.05, 4.69) is 121 Å². The van der Waals surface area contributed by atoms with Gasteiger partial charge in [0.25, 0.3) is 0 Å². The largest absolute Gasteiger partial charge is 0.497 e. The van der Waals surface area contributed by atoms with Gasteiger partial charge in [0.15, 0.2) is 0 Å². The highest BCUT2D eigenvalue weighted by atomic mass is 28.3. The smallest absolute Gasteiger partial charge is 0.129 e. The van der Waals surface area contributed by atoms with Crippen molar-refractivity contribution in [3.05, 3.63) is 96.7 Å². The van der Waals surface area contributed by atoms with Crippen molar-refractivity contribution in [2.24, 2.45) is 23.7 Å². The molecule has 1 N–H and O–H groups in total. The first-order valence-electron chi connectivity index (χ1n) is 12.8. The molecule has 7 atom stereocenters. The maximum absolute atomic E-state index is 5.39. The number of benzene rings is 1. The first-order valence-corrected chi connectivity index (χ1v) is 15.8. The van der Waals surface area contributed by atoms with Crippen LogP contribution in [0.25, 0.3) is 5.57 Å². The van der Waals surface area contributed by atoms with Crippen LogP contribution in [-0.4, -0.2) is 38.2 Å². The van der Waals surface area contributed by atoms with Crippen LogP contribution in [-0.2, 0) is 0 Å². The van der Waals surface area contributed by atoms with Crippen LogP contribution in [0.15, 0.2) is 91.1 Å². The number of ether oxygens (including phenoxy) is 1. The topological polar surface area (TPSA) is 24.5 Å². The van der Waals surface area contributed by atoms with Crippen LogP contribution < -0.4 is 10.1 Å². The Morgan fingerprint density at radius 3 is 1.97 bits per heavy atom. The molecule has 176 valence electrons. The van der Waals surface area contributed by atoms with Crippen LogP contribution in [0.4, 0.5) is 0 Å². The van der Waals surface area contributed by atoms with E-state index in [0.29, 0.717) is 47.5 Å². The van der Waals surface area contributed by atoms with Gasteiger partial charge in [-0.3, -0.25) is 5.32 Å². The Balaban J connectivity index is 1.34. The van der Waals surface area contributed by atoms with E-state index >= 15 is 0 Å². The van der Waals surface area contributed by atoms with Gasteiger partial charge in [-0.25, -0.2) is 0 Å². The lowest BCUT2D eigenvalue weighted by molar-refractivity contribution is 0.338. The maximum atomic E-state index is 5.39. The van der Waals surface area contributed by atoms with Crippen LogP contribution in [0.2, 0.25) is 18.6 Å². The normalized spacial score (nSPS) is 37.9. The zero-order valence-electron chi connectivity index (χ0n) is 20.6. The molecule has 2 fully saturated rings. The molecule has 1 aliphatic heterocycles. The minimum absolute atomic E-state index is 0.316. The van der Waals surface area contributed by atoms with E-state index in [1.807, 2.05) is 0 Å². The first kappa shape index (κ1) is 22.1. The van der Waals surface area contributed by atoms with Crippen LogP contribution in [0, 0.1) is 23.7 Å². The molecule has 0 amide bonds. The highest BCUT2D eigenvalue weighted by Gasteiger charge is 2.58. The number of methoxy groups -OCH3 is 1. The number of hydrogen-bond donors (Lipinski definition) is 1. The Kier molecular flexibility index (Phi) is 5.44. The molecule has 3 nitrogen and oxygen atoms in total. The monoisotopic (exact) mass is 468 g/mol. The van der Waals surface area contributed by atoms with E-state index in [1.54, 1.807) is 7.11 Å². The summed E-state index contributed by atoms with van der Waals surface area (Å²) in [6, 6.07) is 9.25. The molecule has 4 heteroatoms. The standard InChI is InChI=1S/C30H36N2OSi/c1-20-31-29-23(21-16-18-22(33-2)19-17-21)14-9-15-28(29)32(20)34(3,4)30-26-12-7-5-10-24(26)25-11-6-8-13-27(25)30/h5-20,24-31H,1-4H3/t20-,24?,25?,26?,27?,28+,29?,30?/m0/s1. The van der Waals surface area contributed by atoms with Gasteiger partial charge in [-0.2, -0.15) is 0 Å². The molecule has 5 unspecified atom stereocenters. The molecule has 1 saturated carbocycles. The minimum Gasteiger partial charge on any atom is -0.497 e. The molecule has 0 radical (unpaired) electrons. The Labute approximate surface area is 205 Å². The SMILES string of the molecule is COc1ccc(C2=CC=C[C@@H]3C2N[C@H](C)N3[Si](C)(C)C2C3C=CC=CC3C3C=CC=CC32)cc1. The van der Waals surface area contributed by atoms with Crippen molar-refractivity contribution in [1.29, 1.82) is 0 Å². The summed E-state index contributed by atoms with van der Waals surface area (Å²) in [5, 5.41) is 4.00. The van der Waals surface area contributed by atoms with E-state index < -0.39 is 8.24 Å². The summed E-state index contributed by atoms with van der Waals surface area (Å²) in [4.78, 5) is 0. The highest BCUT2D eigenvalue weighted by Crippen LogP contribution is 2.59. The third-order valence-corrected chi connectivity index (χ3v) is 13.5. The summed E-state index contributed by atoms with van der Waals surface area (Å²) < 4.78 is 8.30. The van der Waals surface area contributed by atoms with Gasteiger partial charge in [0, 0.05) is 6.04 Å². The summed E-state index contributed by atoms with van der Waals surface area (Å²) in [6.07, 6.45) is 26.5. The molecule has 1 aromatic carbocycles. The molecule has 0 bridgehead atoms. The van der Waals surface area contributed by atoms with Crippen molar-refractivity contribution in [1.82, 2.24) is 9.88 Å². The Bertz CT molecular complexity index is 1090. The number of hydrogen-bond acceptors (Lipinski definition) is 3. The van der Waals surface area contributed by atoms with Crippen molar-refractivity contribution in [3.8, 4) is 5.75 Å². The van der Waals surface area contributed by atoms with E-state index in [9.17, 15) is 0 Å². The van der Waals surface area contributed by atoms with Gasteiger partial charge in [-0.1, -0.05) is 92.1 Å². The highest BCUT2D eigenvalue weighted by molar-refractivity contribution is 6.76. The molecule has 4 aliphatic carbocycles. The van der Waals surface area contributed by atoms with Gasteiger partial charge in [-0.15, -0.1) is 0 Å². The van der Waals surface area contributed by atoms with Crippen LogP contribution in [0.3, 0.4) is 0 Å². The molecular weight excluding hydrogens is 432 g/mol. The number of rotatable bonds is 4. The summed E-state index contributed by atoms with van der Waals surface area (Å²) in [5.74, 6) is 3.43. The first-order chi connectivity index (χ1) is 16.5. The summed E-state index contributed by atoms with van der Waals surface area (Å²) >= 11 is 0. The van der Waals surface area contributed by atoms with Gasteiger partial charge in [0.1, 0.15) is 14.0 Å². The van der Waals surface area contributed by atoms with Gasteiger partial charge in [-0.05, 0) is 59.4 Å². The molecule has 6 rings (SSSR count). The molecule has 34 heavy (non-hydrogen) atoms. The van der Waals surface area contributed by atoms with E-state index in [4.69, 9.17) is 4.74 Å². The van der Waals surface area contributed by atoms with Crippen molar-refractivity contribution in [3.63, 3.8) is 0 Å². The average Bonchev–Trinajstić information content (AvgIpc) is 3.39. The quantitative estimate of drug-likeness (QED) is 0.553. The zero-order chi connectivity index (χ0) is 23.4. The summed E-state index contributed by atoms with van der Waals surface area (Å²) in [7, 11) is -0.141. The molecular formula is C30H36N2OSi. The predicted molar refractivity (Wildman–Crippen MR) is 144 cm³/mol. The average molecular weight is 469 g/mol. The minimum atomic E-state index is -1.87. The molecule has 1 aromatic rings. The second-order valence-electron chi connectivity index (χ2n) is 11.0. The third-order valence-electron chi connectivity index (χ3n) is 9.04. The Morgan fingerprint density at radius 2 is 1.38 bits per heavy atom. The van der Waals surface area contributed by atoms with Gasteiger partial charge in [0.2, 0.25) is 0 Å². The zero-order valence-corrected chi connectivity index (χ0v) is 21.6. The number of fused-ring (bicyclic) bond motifs is 4. The molecule has 5 aliphatic rings. The lowest BCUT2D eigenvalue weighted by atomic mass is 9.83. The molecule has 0 aromatic heterocycles. The second kappa shape index (κ2) is 8.37. The van der Waals surface area contributed by atoms with Gasteiger partial charge in [0.05, 0.1) is 19.3 Å². The van der Waals surface area contributed by atoms with E-state index in [1.165, 1.54) is 11.1 Å². The van der Waals surface area contributed by atoms with Crippen LogP contribution >= 0.6 is 0 Å². The molecule has 1 heterocycles. The van der Waals surface area contributed by atoms with Crippen LogP contribution in [0.5, 0.6) is 5.75 Å². The molecule has 1 saturated heterocycles. The second-order valence-corrected chi connectivity index (χ2v) is 15.5. The Hall–Kier alpha value is -2.40. The number of nitrogens with zero attached hydrogens (tertiary/aromatic N) is 1. The summed E-state index contributed by atoms with van der Waals surface area (Å²) in [5.41, 5.74) is 3.36. The van der Waals surface area contributed by atoms with Crippen molar-refractivity contribution >= 4 is 13.8 Å². The predicted octanol–water partition coefficient (Wildman–Crippen LogP) is 5.94. The van der Waals surface area contributed by atoms with Crippen LogP contribution in [0.1, 0.15) is 12.5 Å². The third kappa shape index (κ3) is 3.30. The lowest BCUT2D eigenvalue weighted by Gasteiger charge is -2.48. The van der Waals surface area contributed by atoms with E-state index in [0.717, 1.165) is 5.75 Å². The molecule has 0 spiro atoms. The maximum Gasteiger partial charge on any atom is 0.129 e. The fourth-order valence-electron chi connectivity index (χ4n) is 7.80. The fourth-order valence-corrected chi connectivity index (χ4v) is 12.8.